The standard InChI is InChI=1S/C15H14Cl2N2O2S/c16-13-3-1-2-11(15(13)17)9-19-7-6-10-8-12(22(18,20)21)4-5-14(10)19/h1-5,8H,6-7,9H2,(H2,18,20,21). The molecule has 2 N–H and O–H groups in total. The van der Waals surface area contributed by atoms with Crippen LogP contribution in [0.3, 0.4) is 0 Å². The molecule has 0 atom stereocenters. The van der Waals surface area contributed by atoms with E-state index in [4.69, 9.17) is 28.3 Å². The quantitative estimate of drug-likeness (QED) is 0.918. The molecule has 0 fully saturated rings. The van der Waals surface area contributed by atoms with E-state index in [2.05, 4.69) is 4.90 Å². The Hall–Kier alpha value is -1.27. The van der Waals surface area contributed by atoms with Crippen LogP contribution in [0.15, 0.2) is 41.3 Å². The molecule has 0 aliphatic carbocycles. The van der Waals surface area contributed by atoms with Crippen molar-refractivity contribution >= 4 is 38.9 Å². The van der Waals surface area contributed by atoms with Crippen molar-refractivity contribution in [3.05, 3.63) is 57.6 Å². The van der Waals surface area contributed by atoms with Crippen LogP contribution in [0, 0.1) is 0 Å². The zero-order chi connectivity index (χ0) is 15.9. The Bertz CT molecular complexity index is 837. The number of hydrogen-bond acceptors (Lipinski definition) is 3. The fourth-order valence-electron chi connectivity index (χ4n) is 2.66. The van der Waals surface area contributed by atoms with Crippen molar-refractivity contribution < 1.29 is 8.42 Å². The van der Waals surface area contributed by atoms with Crippen LogP contribution in [0.1, 0.15) is 11.1 Å². The Labute approximate surface area is 139 Å². The minimum atomic E-state index is -3.67. The van der Waals surface area contributed by atoms with Gasteiger partial charge in [0.05, 0.1) is 14.9 Å². The van der Waals surface area contributed by atoms with Crippen molar-refractivity contribution in [1.82, 2.24) is 0 Å². The molecule has 0 saturated carbocycles. The molecule has 1 heterocycles. The highest BCUT2D eigenvalue weighted by Crippen LogP contribution is 2.33. The average molecular weight is 357 g/mol. The van der Waals surface area contributed by atoms with Crippen molar-refractivity contribution in [3.8, 4) is 0 Å². The fraction of sp³-hybridized carbons (Fsp3) is 0.200. The minimum absolute atomic E-state index is 0.147. The van der Waals surface area contributed by atoms with Gasteiger partial charge >= 0.3 is 0 Å². The molecule has 1 aliphatic heterocycles. The number of fused-ring (bicyclic) bond motifs is 1. The summed E-state index contributed by atoms with van der Waals surface area (Å²) >= 11 is 12.3. The first-order chi connectivity index (χ1) is 10.4. The third kappa shape index (κ3) is 2.94. The summed E-state index contributed by atoms with van der Waals surface area (Å²) in [7, 11) is -3.67. The van der Waals surface area contributed by atoms with Gasteiger partial charge in [0.15, 0.2) is 0 Å². The van der Waals surface area contributed by atoms with Crippen LogP contribution in [0.5, 0.6) is 0 Å². The molecule has 0 saturated heterocycles. The van der Waals surface area contributed by atoms with Crippen molar-refractivity contribution in [1.29, 1.82) is 0 Å². The number of anilines is 1. The molecule has 4 nitrogen and oxygen atoms in total. The lowest BCUT2D eigenvalue weighted by Gasteiger charge is -2.20. The molecule has 22 heavy (non-hydrogen) atoms. The van der Waals surface area contributed by atoms with E-state index in [-0.39, 0.29) is 4.90 Å². The van der Waals surface area contributed by atoms with Gasteiger partial charge in [0, 0.05) is 18.8 Å². The third-order valence-electron chi connectivity index (χ3n) is 3.76. The van der Waals surface area contributed by atoms with Gasteiger partial charge in [0.1, 0.15) is 0 Å². The Morgan fingerprint density at radius 2 is 1.95 bits per heavy atom. The summed E-state index contributed by atoms with van der Waals surface area (Å²) in [6.07, 6.45) is 0.775. The number of halogens is 2. The lowest BCUT2D eigenvalue weighted by Crippen LogP contribution is -2.20. The molecular weight excluding hydrogens is 343 g/mol. The van der Waals surface area contributed by atoms with E-state index >= 15 is 0 Å². The van der Waals surface area contributed by atoms with Gasteiger partial charge in [-0.1, -0.05) is 35.3 Å². The van der Waals surface area contributed by atoms with Crippen molar-refractivity contribution in [2.24, 2.45) is 5.14 Å². The van der Waals surface area contributed by atoms with Gasteiger partial charge in [-0.25, -0.2) is 13.6 Å². The first-order valence-electron chi connectivity index (χ1n) is 6.70. The Morgan fingerprint density at radius 1 is 1.18 bits per heavy atom. The van der Waals surface area contributed by atoms with E-state index in [1.165, 1.54) is 6.07 Å². The highest BCUT2D eigenvalue weighted by Gasteiger charge is 2.22. The number of primary sulfonamides is 1. The number of rotatable bonds is 3. The van der Waals surface area contributed by atoms with Crippen molar-refractivity contribution in [2.75, 3.05) is 11.4 Å². The Kier molecular flexibility index (Phi) is 4.07. The average Bonchev–Trinajstić information content (AvgIpc) is 2.85. The van der Waals surface area contributed by atoms with Gasteiger partial charge in [-0.3, -0.25) is 0 Å². The maximum absolute atomic E-state index is 11.4. The Balaban J connectivity index is 1.90. The second kappa shape index (κ2) is 5.74. The lowest BCUT2D eigenvalue weighted by molar-refractivity contribution is 0.597. The summed E-state index contributed by atoms with van der Waals surface area (Å²) in [4.78, 5) is 2.30. The van der Waals surface area contributed by atoms with Crippen LogP contribution in [-0.4, -0.2) is 15.0 Å². The first kappa shape index (κ1) is 15.6. The molecule has 0 spiro atoms. The summed E-state index contributed by atoms with van der Waals surface area (Å²) in [5.74, 6) is 0. The molecule has 2 aromatic rings. The zero-order valence-corrected chi connectivity index (χ0v) is 13.9. The van der Waals surface area contributed by atoms with Crippen molar-refractivity contribution in [2.45, 2.75) is 17.9 Å². The Morgan fingerprint density at radius 3 is 2.68 bits per heavy atom. The largest absolute Gasteiger partial charge is 0.367 e. The lowest BCUT2D eigenvalue weighted by atomic mass is 10.1. The summed E-state index contributed by atoms with van der Waals surface area (Å²) in [6.45, 7) is 1.42. The van der Waals surface area contributed by atoms with Crippen LogP contribution >= 0.6 is 23.2 Å². The zero-order valence-electron chi connectivity index (χ0n) is 11.6. The molecule has 0 unspecified atom stereocenters. The fourth-order valence-corrected chi connectivity index (χ4v) is 3.61. The van der Waals surface area contributed by atoms with Crippen LogP contribution in [-0.2, 0) is 23.0 Å². The van der Waals surface area contributed by atoms with Crippen LogP contribution in [0.4, 0.5) is 5.69 Å². The number of nitrogens with two attached hydrogens (primary N) is 1. The van der Waals surface area contributed by atoms with Gasteiger partial charge in [-0.15, -0.1) is 0 Å². The van der Waals surface area contributed by atoms with Crippen LogP contribution < -0.4 is 10.0 Å². The van der Waals surface area contributed by atoms with Crippen LogP contribution in [0.2, 0.25) is 10.0 Å². The molecule has 1 aliphatic rings. The van der Waals surface area contributed by atoms with E-state index in [1.807, 2.05) is 12.1 Å². The van der Waals surface area contributed by atoms with E-state index in [1.54, 1.807) is 18.2 Å². The van der Waals surface area contributed by atoms with Gasteiger partial charge in [-0.05, 0) is 41.8 Å². The molecule has 0 bridgehead atoms. The number of hydrogen-bond donors (Lipinski definition) is 1. The number of nitrogens with zero attached hydrogens (tertiary/aromatic N) is 1. The minimum Gasteiger partial charge on any atom is -0.367 e. The molecule has 0 aromatic heterocycles. The van der Waals surface area contributed by atoms with E-state index in [0.717, 1.165) is 29.8 Å². The number of benzene rings is 2. The molecule has 0 amide bonds. The summed E-state index contributed by atoms with van der Waals surface area (Å²) in [6, 6.07) is 10.5. The van der Waals surface area contributed by atoms with Gasteiger partial charge in [0.25, 0.3) is 0 Å². The maximum atomic E-state index is 11.4. The second-order valence-electron chi connectivity index (χ2n) is 5.22. The summed E-state index contributed by atoms with van der Waals surface area (Å²) in [5.41, 5.74) is 2.92. The van der Waals surface area contributed by atoms with E-state index < -0.39 is 10.0 Å². The van der Waals surface area contributed by atoms with Gasteiger partial charge < -0.3 is 4.90 Å². The highest BCUT2D eigenvalue weighted by atomic mass is 35.5. The van der Waals surface area contributed by atoms with Gasteiger partial charge in [-0.2, -0.15) is 0 Å². The topological polar surface area (TPSA) is 63.4 Å². The molecule has 2 aromatic carbocycles. The molecule has 0 radical (unpaired) electrons. The molecule has 3 rings (SSSR count). The molecule has 7 heteroatoms. The highest BCUT2D eigenvalue weighted by molar-refractivity contribution is 7.89. The van der Waals surface area contributed by atoms with Crippen LogP contribution in [0.25, 0.3) is 0 Å². The SMILES string of the molecule is NS(=O)(=O)c1ccc2c(c1)CCN2Cc1cccc(Cl)c1Cl. The smallest absolute Gasteiger partial charge is 0.238 e. The van der Waals surface area contributed by atoms with Crippen molar-refractivity contribution in [3.63, 3.8) is 0 Å². The second-order valence-corrected chi connectivity index (χ2v) is 7.57. The summed E-state index contributed by atoms with van der Waals surface area (Å²) in [5, 5.41) is 6.26. The monoisotopic (exact) mass is 356 g/mol. The molecule has 116 valence electrons. The summed E-state index contributed by atoms with van der Waals surface area (Å²) < 4.78 is 22.8. The van der Waals surface area contributed by atoms with E-state index in [9.17, 15) is 8.42 Å². The first-order valence-corrected chi connectivity index (χ1v) is 9.00. The predicted molar refractivity (Wildman–Crippen MR) is 89.0 cm³/mol. The predicted octanol–water partition coefficient (Wildman–Crippen LogP) is 3.20. The van der Waals surface area contributed by atoms with Gasteiger partial charge in [0.2, 0.25) is 10.0 Å². The third-order valence-corrected chi connectivity index (χ3v) is 5.53. The molecular formula is C15H14Cl2N2O2S. The van der Waals surface area contributed by atoms with E-state index in [0.29, 0.717) is 16.6 Å². The maximum Gasteiger partial charge on any atom is 0.238 e. The normalized spacial score (nSPS) is 14.2. The number of sulfonamides is 1.